The normalized spacial score (nSPS) is 11.5. The van der Waals surface area contributed by atoms with Gasteiger partial charge in [-0.3, -0.25) is 9.59 Å². The summed E-state index contributed by atoms with van der Waals surface area (Å²) in [6.07, 6.45) is -2.68. The van der Waals surface area contributed by atoms with E-state index in [1.807, 2.05) is 0 Å². The summed E-state index contributed by atoms with van der Waals surface area (Å²) in [6, 6.07) is 7.05. The van der Waals surface area contributed by atoms with Crippen LogP contribution in [0.1, 0.15) is 18.1 Å². The fourth-order valence-corrected chi connectivity index (χ4v) is 2.53. The summed E-state index contributed by atoms with van der Waals surface area (Å²) in [5.41, 5.74) is -1.57. The molecule has 0 saturated heterocycles. The van der Waals surface area contributed by atoms with Crippen LogP contribution in [0.5, 0.6) is 0 Å². The van der Waals surface area contributed by atoms with Crippen LogP contribution in [-0.4, -0.2) is 11.8 Å². The van der Waals surface area contributed by atoms with Crippen molar-refractivity contribution in [3.63, 3.8) is 0 Å². The largest absolute Gasteiger partial charge is 0.418 e. The zero-order valence-corrected chi connectivity index (χ0v) is 15.4. The van der Waals surface area contributed by atoms with Crippen LogP contribution in [0.2, 0.25) is 0 Å². The van der Waals surface area contributed by atoms with E-state index in [0.29, 0.717) is 10.5 Å². The van der Waals surface area contributed by atoms with Crippen molar-refractivity contribution in [2.75, 3.05) is 10.6 Å². The Morgan fingerprint density at radius 3 is 2.41 bits per heavy atom. The molecule has 0 aliphatic carbocycles. The van der Waals surface area contributed by atoms with Crippen LogP contribution in [-0.2, 0) is 15.8 Å². The number of alkyl halides is 3. The maximum atomic E-state index is 13.6. The van der Waals surface area contributed by atoms with Gasteiger partial charge in [0, 0.05) is 28.7 Å². The van der Waals surface area contributed by atoms with Gasteiger partial charge in [0.15, 0.2) is 0 Å². The van der Waals surface area contributed by atoms with Crippen molar-refractivity contribution in [1.82, 2.24) is 0 Å². The van der Waals surface area contributed by atoms with Crippen molar-refractivity contribution >= 4 is 45.2 Å². The van der Waals surface area contributed by atoms with E-state index in [1.54, 1.807) is 0 Å². The van der Waals surface area contributed by atoms with E-state index in [1.165, 1.54) is 24.3 Å². The zero-order valence-electron chi connectivity index (χ0n) is 13.8. The first-order valence-electron chi connectivity index (χ1n) is 7.49. The summed E-state index contributed by atoms with van der Waals surface area (Å²) in [5.74, 6) is -1.98. The number of hydrogen-bond donors (Lipinski definition) is 2. The summed E-state index contributed by atoms with van der Waals surface area (Å²) in [7, 11) is 0. The smallest absolute Gasteiger partial charge is 0.326 e. The summed E-state index contributed by atoms with van der Waals surface area (Å²) in [5, 5.41) is 4.35. The van der Waals surface area contributed by atoms with Gasteiger partial charge in [-0.1, -0.05) is 15.9 Å². The predicted octanol–water partition coefficient (Wildman–Crippen LogP) is 5.22. The summed E-state index contributed by atoms with van der Waals surface area (Å²) >= 11 is 3.16. The topological polar surface area (TPSA) is 58.2 Å². The third-order valence-corrected chi connectivity index (χ3v) is 3.77. The quantitative estimate of drug-likeness (QED) is 0.501. The van der Waals surface area contributed by atoms with Crippen molar-refractivity contribution in [3.05, 3.63) is 63.9 Å². The lowest BCUT2D eigenvalue weighted by Crippen LogP contribution is -2.16. The molecular weight excluding hydrogens is 432 g/mol. The van der Waals surface area contributed by atoms with Crippen molar-refractivity contribution in [2.45, 2.75) is 13.1 Å². The van der Waals surface area contributed by atoms with E-state index in [4.69, 9.17) is 0 Å². The number of rotatable bonds is 4. The third-order valence-electron chi connectivity index (χ3n) is 3.28. The van der Waals surface area contributed by atoms with Gasteiger partial charge in [0.25, 0.3) is 0 Å². The molecule has 0 unspecified atom stereocenters. The van der Waals surface area contributed by atoms with Crippen LogP contribution in [0.25, 0.3) is 6.08 Å². The van der Waals surface area contributed by atoms with Gasteiger partial charge in [-0.05, 0) is 42.5 Å². The third kappa shape index (κ3) is 5.92. The van der Waals surface area contributed by atoms with Gasteiger partial charge in [-0.2, -0.15) is 13.2 Å². The lowest BCUT2D eigenvalue weighted by Gasteiger charge is -2.15. The number of carbonyl (C=O) groups is 2. The maximum Gasteiger partial charge on any atom is 0.418 e. The molecule has 2 N–H and O–H groups in total. The molecule has 0 aliphatic rings. The van der Waals surface area contributed by atoms with E-state index >= 15 is 0 Å². The van der Waals surface area contributed by atoms with Crippen LogP contribution in [0.3, 0.4) is 0 Å². The fraction of sp³-hybridized carbons (Fsp3) is 0.111. The van der Waals surface area contributed by atoms with E-state index in [9.17, 15) is 27.2 Å². The highest BCUT2D eigenvalue weighted by Crippen LogP contribution is 2.36. The Bertz CT molecular complexity index is 911. The summed E-state index contributed by atoms with van der Waals surface area (Å²) < 4.78 is 53.9. The van der Waals surface area contributed by atoms with Crippen molar-refractivity contribution in [1.29, 1.82) is 0 Å². The van der Waals surface area contributed by atoms with E-state index in [-0.39, 0.29) is 11.3 Å². The van der Waals surface area contributed by atoms with Gasteiger partial charge in [-0.15, -0.1) is 0 Å². The molecule has 0 spiro atoms. The first kappa shape index (κ1) is 20.6. The second-order valence-electron chi connectivity index (χ2n) is 5.43. The standard InChI is InChI=1S/C18H13BrF4N2O2/c1-10(26)24-13-4-6-16(14(9-13)18(21,22)23)25-17(27)7-2-11-8-12(19)3-5-15(11)20/h2-9H,1H3,(H,24,26)(H,25,27)/b7-2+. The van der Waals surface area contributed by atoms with Crippen molar-refractivity contribution in [3.8, 4) is 0 Å². The molecule has 4 nitrogen and oxygen atoms in total. The van der Waals surface area contributed by atoms with Gasteiger partial charge in [-0.25, -0.2) is 4.39 Å². The molecule has 2 aromatic rings. The number of benzene rings is 2. The molecule has 0 aliphatic heterocycles. The van der Waals surface area contributed by atoms with Gasteiger partial charge in [0.2, 0.25) is 11.8 Å². The van der Waals surface area contributed by atoms with Gasteiger partial charge in [0.05, 0.1) is 11.3 Å². The summed E-state index contributed by atoms with van der Waals surface area (Å²) in [4.78, 5) is 23.0. The van der Waals surface area contributed by atoms with Crippen molar-refractivity contribution in [2.24, 2.45) is 0 Å². The lowest BCUT2D eigenvalue weighted by atomic mass is 10.1. The van der Waals surface area contributed by atoms with Crippen molar-refractivity contribution < 1.29 is 27.2 Å². The Balaban J connectivity index is 2.25. The Hall–Kier alpha value is -2.68. The minimum atomic E-state index is -4.75. The Morgan fingerprint density at radius 1 is 1.07 bits per heavy atom. The summed E-state index contributed by atoms with van der Waals surface area (Å²) in [6.45, 7) is 1.16. The molecule has 0 atom stereocenters. The number of hydrogen-bond acceptors (Lipinski definition) is 2. The highest BCUT2D eigenvalue weighted by atomic mass is 79.9. The van der Waals surface area contributed by atoms with E-state index in [2.05, 4.69) is 26.6 Å². The number of halogens is 5. The minimum absolute atomic E-state index is 0.0560. The molecule has 2 aromatic carbocycles. The van der Waals surface area contributed by atoms with E-state index in [0.717, 1.165) is 25.1 Å². The second-order valence-corrected chi connectivity index (χ2v) is 6.34. The molecule has 0 saturated carbocycles. The average Bonchev–Trinajstić information content (AvgIpc) is 2.55. The van der Waals surface area contributed by atoms with Gasteiger partial charge in [0.1, 0.15) is 5.82 Å². The molecule has 27 heavy (non-hydrogen) atoms. The van der Waals surface area contributed by atoms with Crippen LogP contribution < -0.4 is 10.6 Å². The molecule has 0 bridgehead atoms. The van der Waals surface area contributed by atoms with Crippen LogP contribution >= 0.6 is 15.9 Å². The van der Waals surface area contributed by atoms with Gasteiger partial charge < -0.3 is 10.6 Å². The van der Waals surface area contributed by atoms with Crippen LogP contribution in [0.4, 0.5) is 28.9 Å². The molecule has 2 amide bonds. The van der Waals surface area contributed by atoms with Gasteiger partial charge >= 0.3 is 6.18 Å². The predicted molar refractivity (Wildman–Crippen MR) is 97.5 cm³/mol. The molecule has 0 heterocycles. The maximum absolute atomic E-state index is 13.6. The van der Waals surface area contributed by atoms with E-state index < -0.39 is 35.1 Å². The van der Waals surface area contributed by atoms with Crippen LogP contribution in [0, 0.1) is 5.82 Å². The highest BCUT2D eigenvalue weighted by molar-refractivity contribution is 9.10. The Kier molecular flexibility index (Phi) is 6.37. The molecule has 0 radical (unpaired) electrons. The first-order valence-corrected chi connectivity index (χ1v) is 8.28. The minimum Gasteiger partial charge on any atom is -0.326 e. The Morgan fingerprint density at radius 2 is 1.78 bits per heavy atom. The molecule has 9 heteroatoms. The molecule has 142 valence electrons. The number of nitrogens with one attached hydrogen (secondary N) is 2. The van der Waals surface area contributed by atoms with Crippen LogP contribution in [0.15, 0.2) is 46.9 Å². The fourth-order valence-electron chi connectivity index (χ4n) is 2.15. The number of anilines is 2. The lowest BCUT2D eigenvalue weighted by molar-refractivity contribution is -0.137. The highest BCUT2D eigenvalue weighted by Gasteiger charge is 2.34. The zero-order chi connectivity index (χ0) is 20.2. The SMILES string of the molecule is CC(=O)Nc1ccc(NC(=O)/C=C/c2cc(Br)ccc2F)c(C(F)(F)F)c1. The molecule has 2 rings (SSSR count). The molecule has 0 aromatic heterocycles. The second kappa shape index (κ2) is 8.34. The molecular formula is C18H13BrF4N2O2. The monoisotopic (exact) mass is 444 g/mol. The number of carbonyl (C=O) groups excluding carboxylic acids is 2. The average molecular weight is 445 g/mol. The Labute approximate surface area is 160 Å². The first-order chi connectivity index (χ1) is 12.6. The number of amides is 2. The molecule has 0 fully saturated rings.